The molecule has 7 nitrogen and oxygen atoms in total. The van der Waals surface area contributed by atoms with Crippen LogP contribution >= 0.6 is 0 Å². The molecule has 1 heterocycles. The molecule has 0 saturated carbocycles. The third kappa shape index (κ3) is 2.97. The molecule has 7 heteroatoms. The average Bonchev–Trinajstić information content (AvgIpc) is 2.68. The van der Waals surface area contributed by atoms with Gasteiger partial charge in [-0.1, -0.05) is 13.8 Å². The fourth-order valence-corrected chi connectivity index (χ4v) is 2.29. The van der Waals surface area contributed by atoms with Crippen LogP contribution in [0.1, 0.15) is 33.6 Å². The van der Waals surface area contributed by atoms with Gasteiger partial charge in [-0.2, -0.15) is 0 Å². The molecule has 1 fully saturated rings. The van der Waals surface area contributed by atoms with Crippen molar-refractivity contribution in [1.29, 1.82) is 0 Å². The normalized spacial score (nSPS) is 24.3. The topological polar surface area (TPSA) is 113 Å². The van der Waals surface area contributed by atoms with E-state index in [0.29, 0.717) is 19.4 Å². The second-order valence-corrected chi connectivity index (χ2v) is 5.41. The largest absolute Gasteiger partial charge is 0.480 e. The molecule has 0 aliphatic carbocycles. The Morgan fingerprint density at radius 2 is 1.95 bits per heavy atom. The number of primary amides is 1. The zero-order chi connectivity index (χ0) is 14.8. The summed E-state index contributed by atoms with van der Waals surface area (Å²) in [4.78, 5) is 35.9. The smallest absolute Gasteiger partial charge is 0.329 e. The lowest BCUT2D eigenvalue weighted by atomic mass is 9.99. The van der Waals surface area contributed by atoms with Crippen molar-refractivity contribution in [3.63, 3.8) is 0 Å². The van der Waals surface area contributed by atoms with E-state index in [0.717, 1.165) is 0 Å². The zero-order valence-corrected chi connectivity index (χ0v) is 11.5. The first kappa shape index (κ1) is 15.3. The minimum absolute atomic E-state index is 0.153. The van der Waals surface area contributed by atoms with Crippen LogP contribution in [0.25, 0.3) is 0 Å². The Morgan fingerprint density at radius 1 is 1.37 bits per heavy atom. The molecule has 0 aromatic carbocycles. The SMILES string of the molecule is CC(C)C(NC(=O)N1CCCC1(C)C(=O)O)C(N)=O. The number of hydrogen-bond acceptors (Lipinski definition) is 3. The number of carboxylic acid groups (broad SMARTS) is 1. The predicted octanol–water partition coefficient (Wildman–Crippen LogP) is 0.145. The number of nitrogens with one attached hydrogen (secondary N) is 1. The fraction of sp³-hybridized carbons (Fsp3) is 0.750. The summed E-state index contributed by atoms with van der Waals surface area (Å²) in [5, 5.41) is 11.7. The van der Waals surface area contributed by atoms with Crippen molar-refractivity contribution >= 4 is 17.9 Å². The van der Waals surface area contributed by atoms with Crippen molar-refractivity contribution < 1.29 is 19.5 Å². The highest BCUT2D eigenvalue weighted by molar-refractivity contribution is 5.90. The number of nitrogens with two attached hydrogens (primary N) is 1. The summed E-state index contributed by atoms with van der Waals surface area (Å²) in [6, 6.07) is -1.36. The number of aliphatic carboxylic acids is 1. The Balaban J connectivity index is 2.83. The molecule has 0 aromatic rings. The van der Waals surface area contributed by atoms with E-state index in [1.54, 1.807) is 13.8 Å². The minimum Gasteiger partial charge on any atom is -0.480 e. The summed E-state index contributed by atoms with van der Waals surface area (Å²) in [5.74, 6) is -1.82. The maximum Gasteiger partial charge on any atom is 0.329 e. The number of likely N-dealkylation sites (tertiary alicyclic amines) is 1. The maximum absolute atomic E-state index is 12.1. The molecule has 1 aliphatic heterocycles. The third-order valence-electron chi connectivity index (χ3n) is 3.60. The van der Waals surface area contributed by atoms with Gasteiger partial charge in [-0.05, 0) is 25.7 Å². The van der Waals surface area contributed by atoms with Gasteiger partial charge in [0, 0.05) is 6.54 Å². The molecule has 0 bridgehead atoms. The Bertz CT molecular complexity index is 396. The van der Waals surface area contributed by atoms with Gasteiger partial charge in [-0.25, -0.2) is 9.59 Å². The minimum atomic E-state index is -1.22. The van der Waals surface area contributed by atoms with Gasteiger partial charge in [0.1, 0.15) is 11.6 Å². The average molecular weight is 271 g/mol. The lowest BCUT2D eigenvalue weighted by Crippen LogP contribution is -2.58. The van der Waals surface area contributed by atoms with Crippen LogP contribution in [-0.2, 0) is 9.59 Å². The van der Waals surface area contributed by atoms with E-state index < -0.39 is 29.5 Å². The van der Waals surface area contributed by atoms with Crippen molar-refractivity contribution in [3.8, 4) is 0 Å². The molecular weight excluding hydrogens is 250 g/mol. The van der Waals surface area contributed by atoms with Crippen molar-refractivity contribution in [2.24, 2.45) is 11.7 Å². The molecule has 0 spiro atoms. The molecule has 19 heavy (non-hydrogen) atoms. The van der Waals surface area contributed by atoms with Crippen molar-refractivity contribution in [2.75, 3.05) is 6.54 Å². The second-order valence-electron chi connectivity index (χ2n) is 5.41. The number of carbonyl (C=O) groups excluding carboxylic acids is 2. The summed E-state index contributed by atoms with van der Waals surface area (Å²) in [7, 11) is 0. The highest BCUT2D eigenvalue weighted by atomic mass is 16.4. The predicted molar refractivity (Wildman–Crippen MR) is 68.3 cm³/mol. The number of hydrogen-bond donors (Lipinski definition) is 3. The number of amides is 3. The molecule has 1 rings (SSSR count). The van der Waals surface area contributed by atoms with Crippen LogP contribution in [0, 0.1) is 5.92 Å². The Morgan fingerprint density at radius 3 is 2.37 bits per heavy atom. The highest BCUT2D eigenvalue weighted by Gasteiger charge is 2.46. The van der Waals surface area contributed by atoms with Gasteiger partial charge in [0.15, 0.2) is 0 Å². The van der Waals surface area contributed by atoms with E-state index in [9.17, 15) is 19.5 Å². The van der Waals surface area contributed by atoms with Gasteiger partial charge < -0.3 is 21.1 Å². The first-order chi connectivity index (χ1) is 8.70. The molecule has 108 valence electrons. The maximum atomic E-state index is 12.1. The number of carbonyl (C=O) groups is 3. The first-order valence-corrected chi connectivity index (χ1v) is 6.31. The first-order valence-electron chi connectivity index (χ1n) is 6.31. The molecule has 1 aliphatic rings. The van der Waals surface area contributed by atoms with Gasteiger partial charge in [0.05, 0.1) is 0 Å². The third-order valence-corrected chi connectivity index (χ3v) is 3.60. The van der Waals surface area contributed by atoms with Crippen LogP contribution in [0.5, 0.6) is 0 Å². The monoisotopic (exact) mass is 271 g/mol. The van der Waals surface area contributed by atoms with Crippen LogP contribution in [0.3, 0.4) is 0 Å². The summed E-state index contributed by atoms with van der Waals surface area (Å²) in [6.07, 6.45) is 1.03. The van der Waals surface area contributed by atoms with Gasteiger partial charge in [-0.15, -0.1) is 0 Å². The van der Waals surface area contributed by atoms with Gasteiger partial charge in [0.2, 0.25) is 5.91 Å². The quantitative estimate of drug-likeness (QED) is 0.675. The van der Waals surface area contributed by atoms with E-state index in [2.05, 4.69) is 5.32 Å². The Kier molecular flexibility index (Phi) is 4.39. The molecule has 3 amide bonds. The fourth-order valence-electron chi connectivity index (χ4n) is 2.29. The van der Waals surface area contributed by atoms with E-state index in [-0.39, 0.29) is 5.92 Å². The van der Waals surface area contributed by atoms with E-state index in [1.807, 2.05) is 0 Å². The molecule has 2 atom stereocenters. The van der Waals surface area contributed by atoms with Crippen molar-refractivity contribution in [3.05, 3.63) is 0 Å². The van der Waals surface area contributed by atoms with Crippen LogP contribution in [-0.4, -0.2) is 46.0 Å². The summed E-state index contributed by atoms with van der Waals surface area (Å²) in [6.45, 7) is 5.39. The molecular formula is C12H21N3O4. The van der Waals surface area contributed by atoms with Crippen LogP contribution < -0.4 is 11.1 Å². The highest BCUT2D eigenvalue weighted by Crippen LogP contribution is 2.29. The van der Waals surface area contributed by atoms with Crippen molar-refractivity contribution in [2.45, 2.75) is 45.2 Å². The van der Waals surface area contributed by atoms with E-state index in [4.69, 9.17) is 5.73 Å². The molecule has 4 N–H and O–H groups in total. The number of carboxylic acids is 1. The number of urea groups is 1. The van der Waals surface area contributed by atoms with Crippen LogP contribution in [0.4, 0.5) is 4.79 Å². The molecule has 0 radical (unpaired) electrons. The van der Waals surface area contributed by atoms with Crippen molar-refractivity contribution in [1.82, 2.24) is 10.2 Å². The summed E-state index contributed by atoms with van der Waals surface area (Å²) in [5.41, 5.74) is 4.00. The Hall–Kier alpha value is -1.79. The summed E-state index contributed by atoms with van der Waals surface area (Å²) >= 11 is 0. The van der Waals surface area contributed by atoms with Crippen LogP contribution in [0.2, 0.25) is 0 Å². The van der Waals surface area contributed by atoms with E-state index >= 15 is 0 Å². The van der Waals surface area contributed by atoms with Gasteiger partial charge >= 0.3 is 12.0 Å². The molecule has 2 unspecified atom stereocenters. The lowest BCUT2D eigenvalue weighted by Gasteiger charge is -2.32. The zero-order valence-electron chi connectivity index (χ0n) is 11.5. The lowest BCUT2D eigenvalue weighted by molar-refractivity contribution is -0.147. The van der Waals surface area contributed by atoms with Gasteiger partial charge in [0.25, 0.3) is 0 Å². The van der Waals surface area contributed by atoms with Crippen LogP contribution in [0.15, 0.2) is 0 Å². The molecule has 1 saturated heterocycles. The van der Waals surface area contributed by atoms with E-state index in [1.165, 1.54) is 11.8 Å². The second kappa shape index (κ2) is 5.46. The Labute approximate surface area is 112 Å². The molecule has 0 aromatic heterocycles. The number of rotatable bonds is 4. The number of nitrogens with zero attached hydrogens (tertiary/aromatic N) is 1. The standard InChI is InChI=1S/C12H21N3O4/c1-7(2)8(9(13)16)14-11(19)15-6-4-5-12(15,3)10(17)18/h7-8H,4-6H2,1-3H3,(H2,13,16)(H,14,19)(H,17,18). The van der Waals surface area contributed by atoms with Gasteiger partial charge in [-0.3, -0.25) is 4.79 Å². The summed E-state index contributed by atoms with van der Waals surface area (Å²) < 4.78 is 0.